The Kier molecular flexibility index (Phi) is 10.4. The Balaban J connectivity index is 1.93. The number of esters is 1. The van der Waals surface area contributed by atoms with Crippen LogP contribution in [0.4, 0.5) is 4.79 Å². The highest BCUT2D eigenvalue weighted by Gasteiger charge is 2.24. The second-order valence-electron chi connectivity index (χ2n) is 8.50. The number of nitrogens with zero attached hydrogens (tertiary/aromatic N) is 2. The number of benzene rings is 2. The number of amides is 2. The van der Waals surface area contributed by atoms with E-state index in [9.17, 15) is 18.0 Å². The van der Waals surface area contributed by atoms with Crippen LogP contribution >= 0.6 is 11.8 Å². The molecule has 3 aromatic rings. The van der Waals surface area contributed by atoms with Crippen LogP contribution in [0.2, 0.25) is 0 Å². The van der Waals surface area contributed by atoms with Gasteiger partial charge in [0.2, 0.25) is 0 Å². The van der Waals surface area contributed by atoms with E-state index in [2.05, 4.69) is 21.9 Å². The first-order chi connectivity index (χ1) is 18.2. The van der Waals surface area contributed by atoms with Crippen molar-refractivity contribution in [2.75, 3.05) is 19.4 Å². The lowest BCUT2D eigenvalue weighted by molar-refractivity contribution is 0.0509. The molecule has 2 aromatic carbocycles. The summed E-state index contributed by atoms with van der Waals surface area (Å²) in [7, 11) is -4.09. The van der Waals surface area contributed by atoms with E-state index in [0.29, 0.717) is 41.4 Å². The Bertz CT molecular complexity index is 1370. The molecule has 0 aliphatic heterocycles. The van der Waals surface area contributed by atoms with Crippen LogP contribution < -0.4 is 10.0 Å². The standard InChI is InChI=1S/C27H34N4O5S2/c1-5-10-23-29-25(37-4)24(26(32)36-7-3)31(23)18-19-13-15-20(16-14-19)21-11-8-9-12-22(21)38(34,35)30-27(33)28-17-6-2/h8-9,11-16H,5-7,10,17-18H2,1-4H3,(H2,28,30,33). The quantitative estimate of drug-likeness (QED) is 0.241. The highest BCUT2D eigenvalue weighted by atomic mass is 32.2. The molecule has 3 rings (SSSR count). The molecule has 2 amide bonds. The third-order valence-electron chi connectivity index (χ3n) is 5.70. The number of urea groups is 1. The van der Waals surface area contributed by atoms with Crippen molar-refractivity contribution >= 4 is 33.8 Å². The highest BCUT2D eigenvalue weighted by molar-refractivity contribution is 7.98. The van der Waals surface area contributed by atoms with Gasteiger partial charge in [0.05, 0.1) is 11.5 Å². The van der Waals surface area contributed by atoms with Crippen LogP contribution in [0, 0.1) is 0 Å². The number of ether oxygens (including phenoxy) is 1. The summed E-state index contributed by atoms with van der Waals surface area (Å²) in [5.41, 5.74) is 2.51. The third kappa shape index (κ3) is 6.96. The molecule has 0 radical (unpaired) electrons. The minimum atomic E-state index is -4.09. The molecule has 1 aromatic heterocycles. The Morgan fingerprint density at radius 2 is 1.74 bits per heavy atom. The monoisotopic (exact) mass is 558 g/mol. The number of hydrogen-bond acceptors (Lipinski definition) is 7. The number of carbonyl (C=O) groups is 2. The predicted molar refractivity (Wildman–Crippen MR) is 149 cm³/mol. The number of nitrogens with one attached hydrogen (secondary N) is 2. The molecular weight excluding hydrogens is 524 g/mol. The Hall–Kier alpha value is -3.31. The molecule has 2 N–H and O–H groups in total. The van der Waals surface area contributed by atoms with Crippen molar-refractivity contribution in [1.82, 2.24) is 19.6 Å². The Labute approximate surface area is 228 Å². The summed E-state index contributed by atoms with van der Waals surface area (Å²) in [5.74, 6) is 0.408. The number of sulfonamides is 1. The Morgan fingerprint density at radius 1 is 1.03 bits per heavy atom. The molecule has 0 unspecified atom stereocenters. The first kappa shape index (κ1) is 29.2. The average molecular weight is 559 g/mol. The van der Waals surface area contributed by atoms with Gasteiger partial charge in [-0.3, -0.25) is 0 Å². The van der Waals surface area contributed by atoms with Crippen molar-refractivity contribution in [3.05, 3.63) is 65.6 Å². The molecule has 0 aliphatic rings. The average Bonchev–Trinajstić information content (AvgIpc) is 3.25. The zero-order valence-corrected chi connectivity index (χ0v) is 23.7. The fourth-order valence-electron chi connectivity index (χ4n) is 3.96. The largest absolute Gasteiger partial charge is 0.461 e. The van der Waals surface area contributed by atoms with Crippen LogP contribution in [-0.2, 0) is 27.7 Å². The number of thioether (sulfide) groups is 1. The Morgan fingerprint density at radius 3 is 2.37 bits per heavy atom. The summed E-state index contributed by atoms with van der Waals surface area (Å²) in [5, 5.41) is 3.15. The summed E-state index contributed by atoms with van der Waals surface area (Å²) in [6, 6.07) is 13.2. The van der Waals surface area contributed by atoms with Gasteiger partial charge < -0.3 is 14.6 Å². The molecule has 0 saturated carbocycles. The fraction of sp³-hybridized carbons (Fsp3) is 0.370. The molecule has 0 aliphatic carbocycles. The third-order valence-corrected chi connectivity index (χ3v) is 7.76. The van der Waals surface area contributed by atoms with Crippen molar-refractivity contribution in [3.8, 4) is 11.1 Å². The van der Waals surface area contributed by atoms with Gasteiger partial charge in [-0.1, -0.05) is 56.3 Å². The fourth-order valence-corrected chi connectivity index (χ4v) is 5.71. The van der Waals surface area contributed by atoms with Crippen LogP contribution in [0.5, 0.6) is 0 Å². The first-order valence-electron chi connectivity index (χ1n) is 12.5. The lowest BCUT2D eigenvalue weighted by Gasteiger charge is -2.14. The summed E-state index contributed by atoms with van der Waals surface area (Å²) >= 11 is 1.41. The molecule has 0 spiro atoms. The second-order valence-corrected chi connectivity index (χ2v) is 10.9. The van der Waals surface area contributed by atoms with Gasteiger partial charge in [0.1, 0.15) is 10.9 Å². The van der Waals surface area contributed by atoms with E-state index in [4.69, 9.17) is 4.74 Å². The topological polar surface area (TPSA) is 119 Å². The molecule has 9 nitrogen and oxygen atoms in total. The van der Waals surface area contributed by atoms with Crippen LogP contribution in [-0.4, -0.2) is 49.4 Å². The molecule has 38 heavy (non-hydrogen) atoms. The van der Waals surface area contributed by atoms with Gasteiger partial charge in [-0.25, -0.2) is 27.7 Å². The van der Waals surface area contributed by atoms with Crippen LogP contribution in [0.1, 0.15) is 55.5 Å². The normalized spacial score (nSPS) is 11.3. The van der Waals surface area contributed by atoms with Crippen LogP contribution in [0.25, 0.3) is 11.1 Å². The lowest BCUT2D eigenvalue weighted by Crippen LogP contribution is -2.39. The molecule has 1 heterocycles. The van der Waals surface area contributed by atoms with Crippen LogP contribution in [0.15, 0.2) is 58.5 Å². The summed E-state index contributed by atoms with van der Waals surface area (Å²) in [4.78, 5) is 29.5. The van der Waals surface area contributed by atoms with E-state index >= 15 is 0 Å². The van der Waals surface area contributed by atoms with Crippen molar-refractivity contribution in [3.63, 3.8) is 0 Å². The van der Waals surface area contributed by atoms with E-state index in [1.807, 2.05) is 42.0 Å². The second kappa shape index (κ2) is 13.5. The SMILES string of the molecule is CCCNC(=O)NS(=O)(=O)c1ccccc1-c1ccc(Cn2c(CCC)nc(SC)c2C(=O)OCC)cc1. The van der Waals surface area contributed by atoms with E-state index < -0.39 is 22.0 Å². The van der Waals surface area contributed by atoms with Gasteiger partial charge in [0.25, 0.3) is 10.0 Å². The maximum absolute atomic E-state index is 13.0. The van der Waals surface area contributed by atoms with E-state index in [-0.39, 0.29) is 11.5 Å². The summed E-state index contributed by atoms with van der Waals surface area (Å²) < 4.78 is 35.2. The number of imidazole rings is 1. The number of aromatic nitrogens is 2. The van der Waals surface area contributed by atoms with Crippen molar-refractivity contribution in [2.45, 2.75) is 56.5 Å². The zero-order chi connectivity index (χ0) is 27.7. The molecule has 11 heteroatoms. The van der Waals surface area contributed by atoms with Gasteiger partial charge in [-0.15, -0.1) is 11.8 Å². The molecular formula is C27H34N4O5S2. The maximum atomic E-state index is 13.0. The smallest absolute Gasteiger partial charge is 0.357 e. The van der Waals surface area contributed by atoms with Gasteiger partial charge in [0.15, 0.2) is 5.69 Å². The van der Waals surface area contributed by atoms with Gasteiger partial charge >= 0.3 is 12.0 Å². The van der Waals surface area contributed by atoms with E-state index in [1.165, 1.54) is 17.8 Å². The number of rotatable bonds is 12. The summed E-state index contributed by atoms with van der Waals surface area (Å²) in [6.45, 7) is 6.77. The molecule has 204 valence electrons. The van der Waals surface area contributed by atoms with Crippen molar-refractivity contribution in [1.29, 1.82) is 0 Å². The summed E-state index contributed by atoms with van der Waals surface area (Å²) in [6.07, 6.45) is 4.17. The van der Waals surface area contributed by atoms with E-state index in [0.717, 1.165) is 24.2 Å². The lowest BCUT2D eigenvalue weighted by atomic mass is 10.0. The first-order valence-corrected chi connectivity index (χ1v) is 15.3. The highest BCUT2D eigenvalue weighted by Crippen LogP contribution is 2.29. The number of carbonyl (C=O) groups excluding carboxylic acids is 2. The zero-order valence-electron chi connectivity index (χ0n) is 22.1. The van der Waals surface area contributed by atoms with Crippen molar-refractivity contribution in [2.24, 2.45) is 0 Å². The number of hydrogen-bond donors (Lipinski definition) is 2. The molecule has 0 bridgehead atoms. The predicted octanol–water partition coefficient (Wildman–Crippen LogP) is 4.85. The molecule has 0 fully saturated rings. The van der Waals surface area contributed by atoms with Crippen LogP contribution in [0.3, 0.4) is 0 Å². The van der Waals surface area contributed by atoms with E-state index in [1.54, 1.807) is 25.1 Å². The maximum Gasteiger partial charge on any atom is 0.357 e. The minimum Gasteiger partial charge on any atom is -0.461 e. The number of aryl methyl sites for hydroxylation is 1. The minimum absolute atomic E-state index is 0.00782. The van der Waals surface area contributed by atoms with Gasteiger partial charge in [-0.05, 0) is 43.2 Å². The van der Waals surface area contributed by atoms with Gasteiger partial charge in [0, 0.05) is 25.1 Å². The molecule has 0 saturated heterocycles. The van der Waals surface area contributed by atoms with Crippen molar-refractivity contribution < 1.29 is 22.7 Å². The van der Waals surface area contributed by atoms with Gasteiger partial charge in [-0.2, -0.15) is 0 Å². The molecule has 0 atom stereocenters.